The molecule has 2 N–H and O–H groups in total. The molecule has 0 aliphatic heterocycles. The Hall–Kier alpha value is -1.52. The van der Waals surface area contributed by atoms with Gasteiger partial charge in [0.15, 0.2) is 11.6 Å². The van der Waals surface area contributed by atoms with Crippen molar-refractivity contribution in [2.24, 2.45) is 5.18 Å². The minimum Gasteiger partial charge on any atom is -0.397 e. The van der Waals surface area contributed by atoms with Crippen LogP contribution in [0.1, 0.15) is 11.1 Å². The molecule has 0 heterocycles. The third kappa shape index (κ3) is 1.26. The van der Waals surface area contributed by atoms with Gasteiger partial charge in [0.2, 0.25) is 0 Å². The molecule has 0 bridgehead atoms. The van der Waals surface area contributed by atoms with Crippen LogP contribution in [-0.2, 0) is 0 Å². The highest BCUT2D eigenvalue weighted by molar-refractivity contribution is 5.70. The molecule has 13 heavy (non-hydrogen) atoms. The SMILES string of the molecule is Cc1c(N)c(N=O)c(C)c(F)c1F. The molecule has 0 spiro atoms. The monoisotopic (exact) mass is 186 g/mol. The van der Waals surface area contributed by atoms with Gasteiger partial charge in [-0.05, 0) is 19.0 Å². The fraction of sp³-hybridized carbons (Fsp3) is 0.250. The van der Waals surface area contributed by atoms with E-state index in [0.717, 1.165) is 0 Å². The molecular weight excluding hydrogens is 178 g/mol. The minimum absolute atomic E-state index is 0.0855. The Morgan fingerprint density at radius 3 is 2.08 bits per heavy atom. The van der Waals surface area contributed by atoms with Crippen molar-refractivity contribution in [1.29, 1.82) is 0 Å². The summed E-state index contributed by atoms with van der Waals surface area (Å²) < 4.78 is 26.0. The van der Waals surface area contributed by atoms with Crippen LogP contribution >= 0.6 is 0 Å². The molecule has 0 amide bonds. The van der Waals surface area contributed by atoms with Crippen molar-refractivity contribution >= 4 is 11.4 Å². The van der Waals surface area contributed by atoms with Gasteiger partial charge < -0.3 is 5.73 Å². The third-order valence-corrected chi connectivity index (χ3v) is 1.96. The summed E-state index contributed by atoms with van der Waals surface area (Å²) in [5.41, 5.74) is 4.79. The average molecular weight is 186 g/mol. The van der Waals surface area contributed by atoms with Gasteiger partial charge in [0.05, 0.1) is 5.69 Å². The number of hydrogen-bond donors (Lipinski definition) is 1. The maximum Gasteiger partial charge on any atom is 0.164 e. The van der Waals surface area contributed by atoms with Crippen LogP contribution in [0.25, 0.3) is 0 Å². The topological polar surface area (TPSA) is 55.4 Å². The van der Waals surface area contributed by atoms with Gasteiger partial charge in [-0.1, -0.05) is 0 Å². The van der Waals surface area contributed by atoms with Crippen molar-refractivity contribution in [2.45, 2.75) is 13.8 Å². The summed E-state index contributed by atoms with van der Waals surface area (Å²) in [4.78, 5) is 10.2. The van der Waals surface area contributed by atoms with Gasteiger partial charge in [-0.2, -0.15) is 0 Å². The molecule has 0 aliphatic carbocycles. The third-order valence-electron chi connectivity index (χ3n) is 1.96. The molecule has 0 radical (unpaired) electrons. The van der Waals surface area contributed by atoms with Gasteiger partial charge >= 0.3 is 0 Å². The molecule has 0 aromatic heterocycles. The summed E-state index contributed by atoms with van der Waals surface area (Å²) in [6, 6.07) is 0. The minimum atomic E-state index is -1.07. The van der Waals surface area contributed by atoms with Crippen molar-refractivity contribution in [1.82, 2.24) is 0 Å². The van der Waals surface area contributed by atoms with Crippen molar-refractivity contribution in [2.75, 3.05) is 5.73 Å². The summed E-state index contributed by atoms with van der Waals surface area (Å²) in [6.07, 6.45) is 0. The molecular formula is C8H8F2N2O. The predicted octanol–water partition coefficient (Wildman–Crippen LogP) is 2.56. The first-order valence-corrected chi connectivity index (χ1v) is 3.57. The fourth-order valence-corrected chi connectivity index (χ4v) is 1.05. The number of rotatable bonds is 1. The average Bonchev–Trinajstić information content (AvgIpc) is 2.13. The van der Waals surface area contributed by atoms with Crippen LogP contribution in [0.15, 0.2) is 5.18 Å². The first-order valence-electron chi connectivity index (χ1n) is 3.57. The normalized spacial score (nSPS) is 10.2. The van der Waals surface area contributed by atoms with Gasteiger partial charge in [0.25, 0.3) is 0 Å². The quantitative estimate of drug-likeness (QED) is 0.541. The summed E-state index contributed by atoms with van der Waals surface area (Å²) in [7, 11) is 0. The Morgan fingerprint density at radius 1 is 1.15 bits per heavy atom. The van der Waals surface area contributed by atoms with E-state index in [2.05, 4.69) is 5.18 Å². The van der Waals surface area contributed by atoms with E-state index >= 15 is 0 Å². The van der Waals surface area contributed by atoms with Crippen LogP contribution in [0.5, 0.6) is 0 Å². The van der Waals surface area contributed by atoms with Crippen LogP contribution in [0.2, 0.25) is 0 Å². The molecule has 1 rings (SSSR count). The zero-order valence-corrected chi connectivity index (χ0v) is 7.19. The van der Waals surface area contributed by atoms with E-state index in [-0.39, 0.29) is 22.5 Å². The van der Waals surface area contributed by atoms with Gasteiger partial charge in [-0.15, -0.1) is 4.91 Å². The van der Waals surface area contributed by atoms with Crippen LogP contribution in [0.4, 0.5) is 20.2 Å². The second-order valence-corrected chi connectivity index (χ2v) is 2.73. The molecule has 5 heteroatoms. The number of nitroso groups, excluding NO2 is 1. The number of nitrogens with two attached hydrogens (primary N) is 1. The highest BCUT2D eigenvalue weighted by Gasteiger charge is 2.18. The van der Waals surface area contributed by atoms with Gasteiger partial charge in [0, 0.05) is 11.1 Å². The number of nitrogens with zero attached hydrogens (tertiary/aromatic N) is 1. The Balaban J connectivity index is 3.66. The number of anilines is 1. The first kappa shape index (κ1) is 9.57. The fourth-order valence-electron chi connectivity index (χ4n) is 1.05. The zero-order chi connectivity index (χ0) is 10.2. The molecule has 1 aromatic rings. The van der Waals surface area contributed by atoms with E-state index in [9.17, 15) is 13.7 Å². The largest absolute Gasteiger partial charge is 0.397 e. The lowest BCUT2D eigenvalue weighted by Gasteiger charge is -2.07. The van der Waals surface area contributed by atoms with Crippen LogP contribution in [0.3, 0.4) is 0 Å². The van der Waals surface area contributed by atoms with E-state index in [4.69, 9.17) is 5.73 Å². The van der Waals surface area contributed by atoms with Gasteiger partial charge in [-0.3, -0.25) is 0 Å². The Bertz CT molecular complexity index is 348. The molecule has 0 unspecified atom stereocenters. The Labute approximate surface area is 73.5 Å². The lowest BCUT2D eigenvalue weighted by atomic mass is 10.1. The molecule has 0 saturated heterocycles. The summed E-state index contributed by atoms with van der Waals surface area (Å²) in [5.74, 6) is -2.09. The lowest BCUT2D eigenvalue weighted by molar-refractivity contribution is 0.499. The van der Waals surface area contributed by atoms with E-state index in [0.29, 0.717) is 0 Å². The molecule has 0 saturated carbocycles. The second kappa shape index (κ2) is 3.08. The van der Waals surface area contributed by atoms with Crippen LogP contribution in [0, 0.1) is 30.4 Å². The van der Waals surface area contributed by atoms with Crippen molar-refractivity contribution in [3.05, 3.63) is 27.7 Å². The summed E-state index contributed by atoms with van der Waals surface area (Å²) in [5, 5.41) is 2.55. The van der Waals surface area contributed by atoms with Gasteiger partial charge in [-0.25, -0.2) is 8.78 Å². The number of halogens is 2. The summed E-state index contributed by atoms with van der Waals surface area (Å²) >= 11 is 0. The molecule has 1 aromatic carbocycles. The Kier molecular flexibility index (Phi) is 2.27. The van der Waals surface area contributed by atoms with E-state index in [1.165, 1.54) is 13.8 Å². The Morgan fingerprint density at radius 2 is 1.62 bits per heavy atom. The van der Waals surface area contributed by atoms with E-state index < -0.39 is 11.6 Å². The molecule has 0 atom stereocenters. The maximum absolute atomic E-state index is 13.0. The smallest absolute Gasteiger partial charge is 0.164 e. The maximum atomic E-state index is 13.0. The van der Waals surface area contributed by atoms with E-state index in [1.54, 1.807) is 0 Å². The molecule has 0 aliphatic rings. The highest BCUT2D eigenvalue weighted by Crippen LogP contribution is 2.33. The van der Waals surface area contributed by atoms with Crippen molar-refractivity contribution in [3.8, 4) is 0 Å². The predicted molar refractivity (Wildman–Crippen MR) is 45.7 cm³/mol. The van der Waals surface area contributed by atoms with Crippen molar-refractivity contribution < 1.29 is 8.78 Å². The standard InChI is InChI=1S/C8H8F2N2O/c1-3-5(9)6(10)4(2)8(12-13)7(3)11/h11H2,1-2H3. The summed E-state index contributed by atoms with van der Waals surface area (Å²) in [6.45, 7) is 2.55. The number of hydrogen-bond acceptors (Lipinski definition) is 3. The molecule has 70 valence electrons. The lowest BCUT2D eigenvalue weighted by Crippen LogP contribution is -2.00. The molecule has 3 nitrogen and oxygen atoms in total. The second-order valence-electron chi connectivity index (χ2n) is 2.73. The number of nitrogen functional groups attached to an aromatic ring is 1. The van der Waals surface area contributed by atoms with Crippen LogP contribution < -0.4 is 5.73 Å². The van der Waals surface area contributed by atoms with E-state index in [1.807, 2.05) is 0 Å². The first-order chi connectivity index (χ1) is 6.00. The van der Waals surface area contributed by atoms with Crippen molar-refractivity contribution in [3.63, 3.8) is 0 Å². The number of benzene rings is 1. The highest BCUT2D eigenvalue weighted by atomic mass is 19.2. The van der Waals surface area contributed by atoms with Crippen LogP contribution in [-0.4, -0.2) is 0 Å². The molecule has 0 fully saturated rings. The zero-order valence-electron chi connectivity index (χ0n) is 7.19. The van der Waals surface area contributed by atoms with Gasteiger partial charge in [0.1, 0.15) is 5.69 Å².